The number of hydrogen-bond donors (Lipinski definition) is 1. The molecule has 29 heavy (non-hydrogen) atoms. The standard InChI is InChI=1S/C21H23BrN4O3/c1-4-10-29-17-8-6-15(11-18(17)28-5-2)12-23-25-21(27)20-14(3)24-19-9-7-16(22)13-26(19)20/h6-9,11-13H,4-5,10H2,1-3H3,(H,25,27)/b23-12-. The van der Waals surface area contributed by atoms with Gasteiger partial charge in [-0.15, -0.1) is 0 Å². The molecule has 1 amide bonds. The number of carbonyl (C=O) groups is 1. The Kier molecular flexibility index (Phi) is 6.87. The number of imidazole rings is 1. The normalized spacial score (nSPS) is 11.2. The molecule has 0 saturated heterocycles. The van der Waals surface area contributed by atoms with Crippen LogP contribution < -0.4 is 14.9 Å². The minimum Gasteiger partial charge on any atom is -0.490 e. The summed E-state index contributed by atoms with van der Waals surface area (Å²) < 4.78 is 13.9. The van der Waals surface area contributed by atoms with Crippen molar-refractivity contribution in [3.8, 4) is 11.5 Å². The smallest absolute Gasteiger partial charge is 0.290 e. The Morgan fingerprint density at radius 3 is 2.83 bits per heavy atom. The van der Waals surface area contributed by atoms with E-state index in [1.54, 1.807) is 23.7 Å². The highest BCUT2D eigenvalue weighted by Gasteiger charge is 2.16. The van der Waals surface area contributed by atoms with E-state index in [9.17, 15) is 4.79 Å². The summed E-state index contributed by atoms with van der Waals surface area (Å²) >= 11 is 3.42. The van der Waals surface area contributed by atoms with Crippen molar-refractivity contribution in [1.29, 1.82) is 0 Å². The first-order valence-electron chi connectivity index (χ1n) is 9.40. The van der Waals surface area contributed by atoms with Gasteiger partial charge in [0.05, 0.1) is 25.1 Å². The van der Waals surface area contributed by atoms with E-state index in [-0.39, 0.29) is 5.91 Å². The summed E-state index contributed by atoms with van der Waals surface area (Å²) in [4.78, 5) is 17.0. The van der Waals surface area contributed by atoms with Crippen molar-refractivity contribution in [2.45, 2.75) is 27.2 Å². The number of halogens is 1. The van der Waals surface area contributed by atoms with Crippen LogP contribution in [-0.4, -0.2) is 34.7 Å². The molecule has 0 bridgehead atoms. The largest absolute Gasteiger partial charge is 0.490 e. The third kappa shape index (κ3) is 4.95. The van der Waals surface area contributed by atoms with E-state index in [0.717, 1.165) is 16.5 Å². The molecule has 1 aromatic carbocycles. The van der Waals surface area contributed by atoms with Gasteiger partial charge < -0.3 is 9.47 Å². The zero-order valence-electron chi connectivity index (χ0n) is 16.6. The maximum atomic E-state index is 12.6. The number of rotatable bonds is 8. The molecule has 3 aromatic rings. The lowest BCUT2D eigenvalue weighted by Crippen LogP contribution is -2.20. The van der Waals surface area contributed by atoms with Crippen LogP contribution in [-0.2, 0) is 0 Å². The summed E-state index contributed by atoms with van der Waals surface area (Å²) in [6, 6.07) is 9.26. The fourth-order valence-electron chi connectivity index (χ4n) is 2.83. The van der Waals surface area contributed by atoms with Gasteiger partial charge in [-0.1, -0.05) is 6.92 Å². The van der Waals surface area contributed by atoms with E-state index in [4.69, 9.17) is 9.47 Å². The molecule has 1 N–H and O–H groups in total. The monoisotopic (exact) mass is 458 g/mol. The molecule has 0 fully saturated rings. The van der Waals surface area contributed by atoms with Crippen LogP contribution in [0, 0.1) is 6.92 Å². The first-order chi connectivity index (χ1) is 14.0. The Hall–Kier alpha value is -2.87. The van der Waals surface area contributed by atoms with Gasteiger partial charge in [0.15, 0.2) is 11.5 Å². The Balaban J connectivity index is 1.76. The van der Waals surface area contributed by atoms with Crippen LogP contribution >= 0.6 is 15.9 Å². The van der Waals surface area contributed by atoms with Crippen molar-refractivity contribution in [3.63, 3.8) is 0 Å². The second kappa shape index (κ2) is 9.56. The van der Waals surface area contributed by atoms with Crippen LogP contribution in [0.15, 0.2) is 46.1 Å². The highest BCUT2D eigenvalue weighted by molar-refractivity contribution is 9.10. The Bertz CT molecular complexity index is 1050. The lowest BCUT2D eigenvalue weighted by Gasteiger charge is -2.11. The topological polar surface area (TPSA) is 77.2 Å². The van der Waals surface area contributed by atoms with Gasteiger partial charge in [0.2, 0.25) is 0 Å². The average Bonchev–Trinajstić information content (AvgIpc) is 3.02. The quantitative estimate of drug-likeness (QED) is 0.401. The molecule has 0 saturated carbocycles. The van der Waals surface area contributed by atoms with E-state index < -0.39 is 0 Å². The first kappa shape index (κ1) is 20.9. The summed E-state index contributed by atoms with van der Waals surface area (Å²) in [5, 5.41) is 4.09. The highest BCUT2D eigenvalue weighted by atomic mass is 79.9. The van der Waals surface area contributed by atoms with Gasteiger partial charge in [-0.25, -0.2) is 10.4 Å². The summed E-state index contributed by atoms with van der Waals surface area (Å²) in [5.74, 6) is 1.01. The summed E-state index contributed by atoms with van der Waals surface area (Å²) in [5.41, 5.74) is 5.13. The van der Waals surface area contributed by atoms with Crippen LogP contribution in [0.2, 0.25) is 0 Å². The Labute approximate surface area is 177 Å². The van der Waals surface area contributed by atoms with E-state index in [1.165, 1.54) is 0 Å². The molecule has 0 aliphatic rings. The molecule has 2 aromatic heterocycles. The van der Waals surface area contributed by atoms with Gasteiger partial charge in [0, 0.05) is 10.7 Å². The minimum atomic E-state index is -0.336. The fraction of sp³-hybridized carbons (Fsp3) is 0.286. The number of pyridine rings is 1. The van der Waals surface area contributed by atoms with Crippen molar-refractivity contribution in [2.24, 2.45) is 5.10 Å². The number of hydrazone groups is 1. The summed E-state index contributed by atoms with van der Waals surface area (Å²) in [6.07, 6.45) is 4.29. The third-order valence-electron chi connectivity index (χ3n) is 4.08. The number of aryl methyl sites for hydroxylation is 1. The lowest BCUT2D eigenvalue weighted by atomic mass is 10.2. The summed E-state index contributed by atoms with van der Waals surface area (Å²) in [6.45, 7) is 6.92. The van der Waals surface area contributed by atoms with Gasteiger partial charge in [0.1, 0.15) is 11.3 Å². The summed E-state index contributed by atoms with van der Waals surface area (Å²) in [7, 11) is 0. The Morgan fingerprint density at radius 2 is 2.07 bits per heavy atom. The van der Waals surface area contributed by atoms with Crippen molar-refractivity contribution in [1.82, 2.24) is 14.8 Å². The number of ether oxygens (including phenoxy) is 2. The van der Waals surface area contributed by atoms with Crippen LogP contribution in [0.4, 0.5) is 0 Å². The van der Waals surface area contributed by atoms with Gasteiger partial charge in [-0.3, -0.25) is 9.20 Å². The molecule has 0 spiro atoms. The first-order valence-corrected chi connectivity index (χ1v) is 10.2. The van der Waals surface area contributed by atoms with Crippen molar-refractivity contribution in [3.05, 3.63) is 58.0 Å². The molecule has 3 rings (SSSR count). The predicted molar refractivity (Wildman–Crippen MR) is 116 cm³/mol. The zero-order chi connectivity index (χ0) is 20.8. The van der Waals surface area contributed by atoms with Crippen LogP contribution in [0.25, 0.3) is 5.65 Å². The molecule has 0 radical (unpaired) electrons. The fourth-order valence-corrected chi connectivity index (χ4v) is 3.17. The highest BCUT2D eigenvalue weighted by Crippen LogP contribution is 2.28. The number of hydrogen-bond acceptors (Lipinski definition) is 5. The molecule has 8 heteroatoms. The number of aromatic nitrogens is 2. The average molecular weight is 459 g/mol. The number of nitrogens with one attached hydrogen (secondary N) is 1. The van der Waals surface area contributed by atoms with Crippen LogP contribution in [0.1, 0.15) is 42.0 Å². The van der Waals surface area contributed by atoms with E-state index >= 15 is 0 Å². The Morgan fingerprint density at radius 1 is 1.24 bits per heavy atom. The minimum absolute atomic E-state index is 0.336. The van der Waals surface area contributed by atoms with Gasteiger partial charge >= 0.3 is 0 Å². The van der Waals surface area contributed by atoms with Gasteiger partial charge in [-0.2, -0.15) is 5.10 Å². The SMILES string of the molecule is CCCOc1ccc(/C=N\NC(=O)c2c(C)nc3ccc(Br)cn23)cc1OCC. The van der Waals surface area contributed by atoms with E-state index in [2.05, 4.69) is 31.4 Å². The molecule has 7 nitrogen and oxygen atoms in total. The van der Waals surface area contributed by atoms with Crippen LogP contribution in [0.3, 0.4) is 0 Å². The van der Waals surface area contributed by atoms with Crippen LogP contribution in [0.5, 0.6) is 11.5 Å². The van der Waals surface area contributed by atoms with Gasteiger partial charge in [0.25, 0.3) is 5.91 Å². The molecule has 0 aliphatic carbocycles. The molecule has 0 atom stereocenters. The van der Waals surface area contributed by atoms with Crippen molar-refractivity contribution >= 4 is 33.7 Å². The number of fused-ring (bicyclic) bond motifs is 1. The second-order valence-electron chi connectivity index (χ2n) is 6.31. The molecular weight excluding hydrogens is 436 g/mol. The number of nitrogens with zero attached hydrogens (tertiary/aromatic N) is 3. The predicted octanol–water partition coefficient (Wildman–Crippen LogP) is 4.36. The lowest BCUT2D eigenvalue weighted by molar-refractivity contribution is 0.0948. The second-order valence-corrected chi connectivity index (χ2v) is 7.22. The van der Waals surface area contributed by atoms with E-state index in [1.807, 2.05) is 44.2 Å². The molecule has 0 aliphatic heterocycles. The number of benzene rings is 1. The van der Waals surface area contributed by atoms with Gasteiger partial charge in [-0.05, 0) is 72.1 Å². The number of amides is 1. The van der Waals surface area contributed by atoms with Crippen molar-refractivity contribution < 1.29 is 14.3 Å². The molecular formula is C21H23BrN4O3. The molecule has 0 unspecified atom stereocenters. The van der Waals surface area contributed by atoms with E-state index in [0.29, 0.717) is 41.7 Å². The number of carbonyl (C=O) groups excluding carboxylic acids is 1. The molecule has 2 heterocycles. The third-order valence-corrected chi connectivity index (χ3v) is 4.55. The zero-order valence-corrected chi connectivity index (χ0v) is 18.2. The van der Waals surface area contributed by atoms with Crippen molar-refractivity contribution in [2.75, 3.05) is 13.2 Å². The maximum Gasteiger partial charge on any atom is 0.290 e. The maximum absolute atomic E-state index is 12.6. The molecule has 152 valence electrons.